The molecule has 10 heteroatoms. The van der Waals surface area contributed by atoms with Crippen molar-refractivity contribution in [2.24, 2.45) is 0 Å². The zero-order valence-electron chi connectivity index (χ0n) is 21.5. The van der Waals surface area contributed by atoms with Crippen LogP contribution in [0.3, 0.4) is 0 Å². The molecule has 1 amide bonds. The molecule has 0 atom stereocenters. The summed E-state index contributed by atoms with van der Waals surface area (Å²) >= 11 is 0. The Labute approximate surface area is 225 Å². The van der Waals surface area contributed by atoms with Crippen LogP contribution in [0.25, 0.3) is 0 Å². The molecule has 1 N–H and O–H groups in total. The van der Waals surface area contributed by atoms with Crippen molar-refractivity contribution in [1.82, 2.24) is 5.32 Å². The molecule has 0 saturated heterocycles. The first-order chi connectivity index (χ1) is 17.8. The number of unbranched alkanes of at least 4 members (excludes halogenated alkanes) is 3. The second kappa shape index (κ2) is 14.4. The van der Waals surface area contributed by atoms with Gasteiger partial charge >= 0.3 is 5.51 Å². The average molecular weight is 568 g/mol. The fourth-order valence-electron chi connectivity index (χ4n) is 3.36. The van der Waals surface area contributed by atoms with Gasteiger partial charge in [0, 0.05) is 12.1 Å². The molecule has 0 saturated carbocycles. The quantitative estimate of drug-likeness (QED) is 0.134. The molecule has 3 aromatic rings. The second-order valence-corrected chi connectivity index (χ2v) is 12.1. The number of carbonyl (C=O) groups excluding carboxylic acids is 1. The van der Waals surface area contributed by atoms with Crippen LogP contribution in [-0.4, -0.2) is 30.9 Å². The van der Waals surface area contributed by atoms with Gasteiger partial charge in [-0.15, -0.1) is 0 Å². The van der Waals surface area contributed by atoms with Crippen LogP contribution >= 0.6 is 0 Å². The molecule has 0 radical (unpaired) electrons. The molecule has 0 fully saturated rings. The normalized spacial score (nSPS) is 11.6. The first-order valence-corrected chi connectivity index (χ1v) is 14.7. The molecule has 0 aliphatic rings. The summed E-state index contributed by atoms with van der Waals surface area (Å²) in [6.45, 7) is 7.17. The number of rotatable bonds is 9. The standard InChI is InChI=1S/C27H31NOS.CHF3O3S/c1-4-5-6-7-20-28-27(29)23-12-18-26(19-13-23)30(24-14-8-21(2)9-15-24)25-16-10-22(3)11-17-25;2-1(3,4)8(5,6)7/h8-19H,4-7,20H2,1-3H3;(H,5,6,7). The van der Waals surface area contributed by atoms with Gasteiger partial charge in [0.25, 0.3) is 5.91 Å². The van der Waals surface area contributed by atoms with Crippen LogP contribution in [0.2, 0.25) is 0 Å². The number of carbonyl (C=O) groups is 1. The summed E-state index contributed by atoms with van der Waals surface area (Å²) in [5.41, 5.74) is -2.40. The van der Waals surface area contributed by atoms with Gasteiger partial charge in [-0.2, -0.15) is 13.2 Å². The summed E-state index contributed by atoms with van der Waals surface area (Å²) in [6.07, 6.45) is 4.65. The van der Waals surface area contributed by atoms with Crippen molar-refractivity contribution < 1.29 is 30.9 Å². The molecule has 3 rings (SSSR count). The van der Waals surface area contributed by atoms with E-state index in [1.54, 1.807) is 0 Å². The molecule has 38 heavy (non-hydrogen) atoms. The van der Waals surface area contributed by atoms with Crippen LogP contribution in [0.4, 0.5) is 13.2 Å². The van der Waals surface area contributed by atoms with Gasteiger partial charge in [-0.1, -0.05) is 61.6 Å². The van der Waals surface area contributed by atoms with E-state index in [1.165, 1.54) is 45.1 Å². The van der Waals surface area contributed by atoms with Crippen molar-refractivity contribution >= 4 is 26.9 Å². The molecule has 0 bridgehead atoms. The Morgan fingerprint density at radius 3 is 1.55 bits per heavy atom. The van der Waals surface area contributed by atoms with E-state index < -0.39 is 15.6 Å². The Hall–Kier alpha value is -2.82. The van der Waals surface area contributed by atoms with Crippen LogP contribution in [0, 0.1) is 13.8 Å². The van der Waals surface area contributed by atoms with Crippen LogP contribution in [0.5, 0.6) is 0 Å². The van der Waals surface area contributed by atoms with E-state index in [9.17, 15) is 18.0 Å². The predicted octanol–water partition coefficient (Wildman–Crippen LogP) is 6.76. The zero-order valence-corrected chi connectivity index (χ0v) is 23.2. The summed E-state index contributed by atoms with van der Waals surface area (Å²) in [5, 5.41) is 3.05. The van der Waals surface area contributed by atoms with Crippen LogP contribution in [0.15, 0.2) is 87.5 Å². The largest absolute Gasteiger partial charge is 0.741 e. The van der Waals surface area contributed by atoms with E-state index >= 15 is 0 Å². The number of aryl methyl sites for hydroxylation is 2. The lowest BCUT2D eigenvalue weighted by molar-refractivity contribution is -0.0517. The fourth-order valence-corrected chi connectivity index (χ4v) is 5.40. The Morgan fingerprint density at radius 1 is 0.789 bits per heavy atom. The van der Waals surface area contributed by atoms with Crippen molar-refractivity contribution in [2.75, 3.05) is 6.54 Å². The Balaban J connectivity index is 0.000000550. The van der Waals surface area contributed by atoms with E-state index in [1.807, 2.05) is 12.1 Å². The van der Waals surface area contributed by atoms with E-state index in [0.717, 1.165) is 18.5 Å². The molecule has 206 valence electrons. The summed E-state index contributed by atoms with van der Waals surface area (Å²) < 4.78 is 58.9. The first-order valence-electron chi connectivity index (χ1n) is 12.1. The van der Waals surface area contributed by atoms with Gasteiger partial charge < -0.3 is 9.87 Å². The van der Waals surface area contributed by atoms with Crippen LogP contribution < -0.4 is 5.32 Å². The van der Waals surface area contributed by atoms with Crippen molar-refractivity contribution in [3.05, 3.63) is 89.5 Å². The molecule has 0 aliphatic carbocycles. The summed E-state index contributed by atoms with van der Waals surface area (Å²) in [6, 6.07) is 25.7. The summed E-state index contributed by atoms with van der Waals surface area (Å²) in [7, 11) is -6.28. The van der Waals surface area contributed by atoms with Crippen molar-refractivity contribution in [3.8, 4) is 0 Å². The SMILES string of the molecule is CCCCCCNC(=O)c1ccc([S+](c2ccc(C)cc2)c2ccc(C)cc2)cc1.O=S(=O)([O-])C(F)(F)F. The van der Waals surface area contributed by atoms with Crippen LogP contribution in [-0.2, 0) is 21.0 Å². The smallest absolute Gasteiger partial charge is 0.485 e. The highest BCUT2D eigenvalue weighted by Gasteiger charge is 2.37. The van der Waals surface area contributed by atoms with Gasteiger partial charge in [0.15, 0.2) is 24.8 Å². The van der Waals surface area contributed by atoms with E-state index in [4.69, 9.17) is 13.0 Å². The molecule has 0 spiro atoms. The first kappa shape index (κ1) is 31.4. The summed E-state index contributed by atoms with van der Waals surface area (Å²) in [5.74, 6) is 0.0172. The highest BCUT2D eigenvalue weighted by atomic mass is 32.2. The van der Waals surface area contributed by atoms with E-state index in [2.05, 4.69) is 86.8 Å². The maximum atomic E-state index is 12.5. The minimum atomic E-state index is -6.09. The molecule has 0 heterocycles. The molecular formula is C28H32F3NO4S2. The van der Waals surface area contributed by atoms with Gasteiger partial charge in [0.1, 0.15) is 0 Å². The molecule has 0 aromatic heterocycles. The second-order valence-electron chi connectivity index (χ2n) is 8.67. The van der Waals surface area contributed by atoms with Gasteiger partial charge in [-0.25, -0.2) is 8.42 Å². The molecule has 0 aliphatic heterocycles. The minimum absolute atomic E-state index is 0.0172. The number of nitrogens with one attached hydrogen (secondary N) is 1. The highest BCUT2D eigenvalue weighted by Crippen LogP contribution is 2.31. The maximum absolute atomic E-state index is 12.5. The molecule has 0 unspecified atom stereocenters. The lowest BCUT2D eigenvalue weighted by atomic mass is 10.2. The number of alkyl halides is 3. The number of halogens is 3. The van der Waals surface area contributed by atoms with Crippen molar-refractivity contribution in [3.63, 3.8) is 0 Å². The predicted molar refractivity (Wildman–Crippen MR) is 143 cm³/mol. The molecule has 5 nitrogen and oxygen atoms in total. The number of hydrogen-bond acceptors (Lipinski definition) is 4. The molecular weight excluding hydrogens is 535 g/mol. The highest BCUT2D eigenvalue weighted by molar-refractivity contribution is 7.97. The third-order valence-electron chi connectivity index (χ3n) is 5.46. The van der Waals surface area contributed by atoms with Gasteiger partial charge in [-0.3, -0.25) is 4.79 Å². The number of amides is 1. The summed E-state index contributed by atoms with van der Waals surface area (Å²) in [4.78, 5) is 16.3. The average Bonchev–Trinajstić information content (AvgIpc) is 2.86. The monoisotopic (exact) mass is 567 g/mol. The Morgan fingerprint density at radius 2 is 1.18 bits per heavy atom. The van der Waals surface area contributed by atoms with Crippen LogP contribution in [0.1, 0.15) is 54.1 Å². The minimum Gasteiger partial charge on any atom is -0.741 e. The topological polar surface area (TPSA) is 86.3 Å². The van der Waals surface area contributed by atoms with Gasteiger partial charge in [-0.05, 0) is 68.8 Å². The maximum Gasteiger partial charge on any atom is 0.485 e. The Bertz CT molecular complexity index is 1210. The van der Waals surface area contributed by atoms with E-state index in [-0.39, 0.29) is 16.8 Å². The lowest BCUT2D eigenvalue weighted by Crippen LogP contribution is -2.24. The number of hydrogen-bond donors (Lipinski definition) is 1. The lowest BCUT2D eigenvalue weighted by Gasteiger charge is -2.10. The van der Waals surface area contributed by atoms with E-state index in [0.29, 0.717) is 0 Å². The number of benzene rings is 3. The molecule has 3 aromatic carbocycles. The third-order valence-corrected chi connectivity index (χ3v) is 8.26. The van der Waals surface area contributed by atoms with Gasteiger partial charge in [0.05, 0.1) is 10.9 Å². The van der Waals surface area contributed by atoms with Crippen molar-refractivity contribution in [1.29, 1.82) is 0 Å². The third kappa shape index (κ3) is 9.81. The van der Waals surface area contributed by atoms with Crippen molar-refractivity contribution in [2.45, 2.75) is 66.6 Å². The zero-order chi connectivity index (χ0) is 28.3. The van der Waals surface area contributed by atoms with Gasteiger partial charge in [0.2, 0.25) is 0 Å². The fraction of sp³-hybridized carbons (Fsp3) is 0.321. The Kier molecular flexibility index (Phi) is 11.9.